The van der Waals surface area contributed by atoms with Crippen LogP contribution in [0.5, 0.6) is 0 Å². The van der Waals surface area contributed by atoms with Gasteiger partial charge in [0.25, 0.3) is 0 Å². The topological polar surface area (TPSA) is 30.0 Å². The molecule has 1 heterocycles. The Morgan fingerprint density at radius 2 is 2.50 bits per heavy atom. The molecule has 1 saturated carbocycles. The third kappa shape index (κ3) is 1.41. The molecule has 0 radical (unpaired) electrons. The average molecular weight is 181 g/mol. The summed E-state index contributed by atoms with van der Waals surface area (Å²) in [5.74, 6) is 0. The summed E-state index contributed by atoms with van der Waals surface area (Å²) in [5, 5.41) is 1.09. The molecule has 0 aliphatic heterocycles. The molecule has 3 heteroatoms. The standard InChI is InChI=1S/C9H11NOS/c1-7-10-5-8(12-7)4-9(6-11)2-3-9/h5-6H,2-4H2,1H3. The number of hydrogen-bond donors (Lipinski definition) is 0. The van der Waals surface area contributed by atoms with Crippen molar-refractivity contribution >= 4 is 17.6 Å². The van der Waals surface area contributed by atoms with Crippen molar-refractivity contribution in [3.63, 3.8) is 0 Å². The molecule has 0 unspecified atom stereocenters. The van der Waals surface area contributed by atoms with E-state index < -0.39 is 0 Å². The summed E-state index contributed by atoms with van der Waals surface area (Å²) < 4.78 is 0. The van der Waals surface area contributed by atoms with E-state index in [2.05, 4.69) is 4.98 Å². The Hall–Kier alpha value is -0.700. The molecular weight excluding hydrogens is 170 g/mol. The fraction of sp³-hybridized carbons (Fsp3) is 0.556. The van der Waals surface area contributed by atoms with Gasteiger partial charge in [0, 0.05) is 16.5 Å². The minimum Gasteiger partial charge on any atom is -0.303 e. The second-order valence-electron chi connectivity index (χ2n) is 3.50. The van der Waals surface area contributed by atoms with E-state index in [1.54, 1.807) is 11.3 Å². The molecule has 1 aliphatic carbocycles. The van der Waals surface area contributed by atoms with E-state index in [9.17, 15) is 4.79 Å². The summed E-state index contributed by atoms with van der Waals surface area (Å²) in [5.41, 5.74) is -0.00102. The number of aryl methyl sites for hydroxylation is 1. The maximum atomic E-state index is 10.7. The van der Waals surface area contributed by atoms with Crippen molar-refractivity contribution in [3.8, 4) is 0 Å². The molecular formula is C9H11NOS. The summed E-state index contributed by atoms with van der Waals surface area (Å²) in [7, 11) is 0. The van der Waals surface area contributed by atoms with Gasteiger partial charge in [-0.25, -0.2) is 4.98 Å². The van der Waals surface area contributed by atoms with Crippen LogP contribution in [0.3, 0.4) is 0 Å². The zero-order valence-electron chi connectivity index (χ0n) is 7.04. The molecule has 1 fully saturated rings. The molecule has 0 bridgehead atoms. The molecule has 0 aromatic carbocycles. The maximum absolute atomic E-state index is 10.7. The van der Waals surface area contributed by atoms with Gasteiger partial charge in [-0.1, -0.05) is 0 Å². The van der Waals surface area contributed by atoms with Crippen LogP contribution in [0.4, 0.5) is 0 Å². The highest BCUT2D eigenvalue weighted by Crippen LogP contribution is 2.46. The minimum atomic E-state index is -0.00102. The molecule has 64 valence electrons. The molecule has 1 aromatic rings. The first kappa shape index (κ1) is 7.92. The maximum Gasteiger partial charge on any atom is 0.126 e. The molecule has 0 N–H and O–H groups in total. The van der Waals surface area contributed by atoms with Gasteiger partial charge in [-0.05, 0) is 26.2 Å². The van der Waals surface area contributed by atoms with E-state index in [-0.39, 0.29) is 5.41 Å². The first-order valence-electron chi connectivity index (χ1n) is 4.12. The fourth-order valence-corrected chi connectivity index (χ4v) is 2.28. The number of carbonyl (C=O) groups excluding carboxylic acids is 1. The van der Waals surface area contributed by atoms with E-state index in [4.69, 9.17) is 0 Å². The minimum absolute atomic E-state index is 0.00102. The highest BCUT2D eigenvalue weighted by atomic mass is 32.1. The average Bonchev–Trinajstić information content (AvgIpc) is 2.71. The van der Waals surface area contributed by atoms with E-state index in [0.29, 0.717) is 0 Å². The number of aromatic nitrogens is 1. The molecule has 1 aromatic heterocycles. The van der Waals surface area contributed by atoms with Gasteiger partial charge in [-0.3, -0.25) is 0 Å². The predicted molar refractivity (Wildman–Crippen MR) is 48.3 cm³/mol. The van der Waals surface area contributed by atoms with Crippen LogP contribution in [0.25, 0.3) is 0 Å². The molecule has 12 heavy (non-hydrogen) atoms. The number of hydrogen-bond acceptors (Lipinski definition) is 3. The first-order valence-corrected chi connectivity index (χ1v) is 4.93. The number of thiazole rings is 1. The summed E-state index contributed by atoms with van der Waals surface area (Å²) in [6, 6.07) is 0. The van der Waals surface area contributed by atoms with Crippen molar-refractivity contribution in [2.45, 2.75) is 26.2 Å². The van der Waals surface area contributed by atoms with E-state index in [1.807, 2.05) is 13.1 Å². The molecule has 0 spiro atoms. The van der Waals surface area contributed by atoms with E-state index in [1.165, 1.54) is 4.88 Å². The molecule has 0 saturated heterocycles. The van der Waals surface area contributed by atoms with Crippen molar-refractivity contribution in [3.05, 3.63) is 16.1 Å². The van der Waals surface area contributed by atoms with Crippen LogP contribution in [0, 0.1) is 12.3 Å². The van der Waals surface area contributed by atoms with Gasteiger partial charge < -0.3 is 4.79 Å². The molecule has 0 amide bonds. The van der Waals surface area contributed by atoms with Crippen molar-refractivity contribution in [1.82, 2.24) is 4.98 Å². The Labute approximate surface area is 75.6 Å². The smallest absolute Gasteiger partial charge is 0.126 e. The second kappa shape index (κ2) is 2.66. The summed E-state index contributed by atoms with van der Waals surface area (Å²) in [6.45, 7) is 1.99. The molecule has 2 rings (SSSR count). The quantitative estimate of drug-likeness (QED) is 0.667. The van der Waals surface area contributed by atoms with Crippen LogP contribution < -0.4 is 0 Å². The Kier molecular flexibility index (Phi) is 1.76. The third-order valence-corrected chi connectivity index (χ3v) is 3.25. The Morgan fingerprint density at radius 1 is 1.75 bits per heavy atom. The SMILES string of the molecule is Cc1ncc(CC2(C=O)CC2)s1. The zero-order chi connectivity index (χ0) is 8.60. The van der Waals surface area contributed by atoms with Crippen LogP contribution in [0.15, 0.2) is 6.20 Å². The van der Waals surface area contributed by atoms with Crippen molar-refractivity contribution in [1.29, 1.82) is 0 Å². The Bertz CT molecular complexity index is 301. The largest absolute Gasteiger partial charge is 0.303 e. The van der Waals surface area contributed by atoms with Crippen LogP contribution in [-0.4, -0.2) is 11.3 Å². The lowest BCUT2D eigenvalue weighted by Crippen LogP contribution is -2.04. The summed E-state index contributed by atoms with van der Waals surface area (Å²) >= 11 is 1.70. The molecule has 0 atom stereocenters. The third-order valence-electron chi connectivity index (χ3n) is 2.34. The lowest BCUT2D eigenvalue weighted by Gasteiger charge is -2.01. The monoisotopic (exact) mass is 181 g/mol. The van der Waals surface area contributed by atoms with Gasteiger partial charge in [-0.2, -0.15) is 0 Å². The normalized spacial score (nSPS) is 19.1. The van der Waals surface area contributed by atoms with Gasteiger partial charge in [0.1, 0.15) is 6.29 Å². The van der Waals surface area contributed by atoms with Gasteiger partial charge in [-0.15, -0.1) is 11.3 Å². The van der Waals surface area contributed by atoms with E-state index >= 15 is 0 Å². The predicted octanol–water partition coefficient (Wildman–Crippen LogP) is 1.97. The zero-order valence-corrected chi connectivity index (χ0v) is 7.86. The van der Waals surface area contributed by atoms with Crippen molar-refractivity contribution in [2.24, 2.45) is 5.41 Å². The summed E-state index contributed by atoms with van der Waals surface area (Å²) in [4.78, 5) is 16.1. The lowest BCUT2D eigenvalue weighted by molar-refractivity contribution is -0.112. The number of carbonyl (C=O) groups is 1. The van der Waals surface area contributed by atoms with Crippen LogP contribution >= 0.6 is 11.3 Å². The van der Waals surface area contributed by atoms with Crippen molar-refractivity contribution < 1.29 is 4.79 Å². The van der Waals surface area contributed by atoms with Crippen LogP contribution in [-0.2, 0) is 11.2 Å². The fourth-order valence-electron chi connectivity index (χ4n) is 1.33. The number of rotatable bonds is 3. The molecule has 2 nitrogen and oxygen atoms in total. The second-order valence-corrected chi connectivity index (χ2v) is 4.82. The Balaban J connectivity index is 2.08. The van der Waals surface area contributed by atoms with Gasteiger partial charge >= 0.3 is 0 Å². The van der Waals surface area contributed by atoms with Gasteiger partial charge in [0.05, 0.1) is 5.01 Å². The van der Waals surface area contributed by atoms with Gasteiger partial charge in [0.15, 0.2) is 0 Å². The lowest BCUT2D eigenvalue weighted by atomic mass is 10.0. The first-order chi connectivity index (χ1) is 5.74. The summed E-state index contributed by atoms with van der Waals surface area (Å²) in [6.07, 6.45) is 6.04. The van der Waals surface area contributed by atoms with Crippen LogP contribution in [0.2, 0.25) is 0 Å². The van der Waals surface area contributed by atoms with Crippen LogP contribution in [0.1, 0.15) is 22.7 Å². The number of nitrogens with zero attached hydrogens (tertiary/aromatic N) is 1. The highest BCUT2D eigenvalue weighted by Gasteiger charge is 2.42. The molecule has 1 aliphatic rings. The van der Waals surface area contributed by atoms with Gasteiger partial charge in [0.2, 0.25) is 0 Å². The number of aldehydes is 1. The highest BCUT2D eigenvalue weighted by molar-refractivity contribution is 7.11. The Morgan fingerprint density at radius 3 is 2.92 bits per heavy atom. The van der Waals surface area contributed by atoms with E-state index in [0.717, 1.165) is 30.6 Å². The van der Waals surface area contributed by atoms with Crippen molar-refractivity contribution in [2.75, 3.05) is 0 Å².